The number of anilines is 1. The summed E-state index contributed by atoms with van der Waals surface area (Å²) in [6, 6.07) is 1.61. The van der Waals surface area contributed by atoms with Crippen LogP contribution >= 0.6 is 22.7 Å². The predicted molar refractivity (Wildman–Crippen MR) is 74.6 cm³/mol. The van der Waals surface area contributed by atoms with Gasteiger partial charge >= 0.3 is 0 Å². The van der Waals surface area contributed by atoms with Crippen LogP contribution in [0.25, 0.3) is 0 Å². The van der Waals surface area contributed by atoms with Gasteiger partial charge in [0.2, 0.25) is 0 Å². The summed E-state index contributed by atoms with van der Waals surface area (Å²) >= 11 is 2.70. The molecule has 0 bridgehead atoms. The minimum absolute atomic E-state index is 0.279. The lowest BCUT2D eigenvalue weighted by Crippen LogP contribution is -2.12. The average molecular weight is 303 g/mol. The van der Waals surface area contributed by atoms with Gasteiger partial charge in [0.25, 0.3) is 10.0 Å². The third-order valence-corrected chi connectivity index (χ3v) is 5.88. The number of nitrogens with zero attached hydrogens (tertiary/aromatic N) is 1. The van der Waals surface area contributed by atoms with Gasteiger partial charge in [-0.2, -0.15) is 0 Å². The van der Waals surface area contributed by atoms with Crippen molar-refractivity contribution in [2.45, 2.75) is 25.3 Å². The SMILES string of the molecule is Cc1cnc(NS(=O)(=O)c2cc(CN)sc2C)s1. The summed E-state index contributed by atoms with van der Waals surface area (Å²) in [5.41, 5.74) is 5.52. The van der Waals surface area contributed by atoms with Crippen LogP contribution in [-0.2, 0) is 16.6 Å². The van der Waals surface area contributed by atoms with Crippen molar-refractivity contribution < 1.29 is 8.42 Å². The molecule has 0 unspecified atom stereocenters. The molecular weight excluding hydrogens is 290 g/mol. The number of sulfonamides is 1. The molecule has 2 rings (SSSR count). The van der Waals surface area contributed by atoms with Gasteiger partial charge in [-0.25, -0.2) is 13.4 Å². The smallest absolute Gasteiger partial charge is 0.264 e. The van der Waals surface area contributed by atoms with Crippen LogP contribution in [0.2, 0.25) is 0 Å². The highest BCUT2D eigenvalue weighted by Gasteiger charge is 2.20. The quantitative estimate of drug-likeness (QED) is 0.905. The lowest BCUT2D eigenvalue weighted by atomic mass is 10.4. The van der Waals surface area contributed by atoms with Gasteiger partial charge in [0, 0.05) is 27.4 Å². The van der Waals surface area contributed by atoms with Gasteiger partial charge < -0.3 is 5.73 Å². The minimum Gasteiger partial charge on any atom is -0.326 e. The van der Waals surface area contributed by atoms with Gasteiger partial charge in [-0.15, -0.1) is 22.7 Å². The van der Waals surface area contributed by atoms with Crippen molar-refractivity contribution in [3.05, 3.63) is 26.9 Å². The topological polar surface area (TPSA) is 85.1 Å². The largest absolute Gasteiger partial charge is 0.326 e. The van der Waals surface area contributed by atoms with E-state index in [2.05, 4.69) is 9.71 Å². The molecule has 98 valence electrons. The monoisotopic (exact) mass is 303 g/mol. The molecule has 2 aromatic rings. The Morgan fingerprint density at radius 2 is 2.11 bits per heavy atom. The fourth-order valence-corrected chi connectivity index (χ4v) is 4.89. The third-order valence-electron chi connectivity index (χ3n) is 2.26. The third kappa shape index (κ3) is 2.72. The molecule has 2 aromatic heterocycles. The summed E-state index contributed by atoms with van der Waals surface area (Å²) in [5, 5.41) is 0.382. The van der Waals surface area contributed by atoms with Crippen molar-refractivity contribution in [2.75, 3.05) is 4.72 Å². The molecule has 18 heavy (non-hydrogen) atoms. The Kier molecular flexibility index (Phi) is 3.71. The molecule has 0 amide bonds. The Morgan fingerprint density at radius 1 is 1.39 bits per heavy atom. The van der Waals surface area contributed by atoms with E-state index in [4.69, 9.17) is 5.73 Å². The van der Waals surface area contributed by atoms with Crippen molar-refractivity contribution in [3.63, 3.8) is 0 Å². The zero-order valence-electron chi connectivity index (χ0n) is 9.93. The fourth-order valence-electron chi connectivity index (χ4n) is 1.46. The maximum Gasteiger partial charge on any atom is 0.264 e. The first-order valence-electron chi connectivity index (χ1n) is 5.17. The second-order valence-electron chi connectivity index (χ2n) is 3.72. The molecule has 0 atom stereocenters. The van der Waals surface area contributed by atoms with Crippen LogP contribution < -0.4 is 10.5 Å². The van der Waals surface area contributed by atoms with E-state index in [1.807, 2.05) is 6.92 Å². The lowest BCUT2D eigenvalue weighted by molar-refractivity contribution is 0.601. The van der Waals surface area contributed by atoms with Crippen LogP contribution in [0.5, 0.6) is 0 Å². The molecule has 0 saturated heterocycles. The van der Waals surface area contributed by atoms with Crippen molar-refractivity contribution in [1.82, 2.24) is 4.98 Å². The number of thiophene rings is 1. The molecule has 0 aliphatic rings. The predicted octanol–water partition coefficient (Wildman–Crippen LogP) is 2.08. The molecule has 0 fully saturated rings. The highest BCUT2D eigenvalue weighted by molar-refractivity contribution is 7.93. The molecule has 0 spiro atoms. The van der Waals surface area contributed by atoms with E-state index in [9.17, 15) is 8.42 Å². The van der Waals surface area contributed by atoms with Gasteiger partial charge in [0.15, 0.2) is 5.13 Å². The maximum absolute atomic E-state index is 12.2. The summed E-state index contributed by atoms with van der Waals surface area (Å²) in [6.45, 7) is 3.99. The van der Waals surface area contributed by atoms with E-state index in [0.717, 1.165) is 14.6 Å². The number of rotatable bonds is 4. The van der Waals surface area contributed by atoms with Crippen LogP contribution in [0.15, 0.2) is 17.2 Å². The highest BCUT2D eigenvalue weighted by atomic mass is 32.2. The first-order chi connectivity index (χ1) is 8.42. The molecule has 8 heteroatoms. The van der Waals surface area contributed by atoms with E-state index < -0.39 is 10.0 Å². The number of aromatic nitrogens is 1. The van der Waals surface area contributed by atoms with E-state index in [0.29, 0.717) is 11.7 Å². The zero-order chi connectivity index (χ0) is 13.3. The lowest BCUT2D eigenvalue weighted by Gasteiger charge is -2.03. The molecule has 0 aliphatic heterocycles. The number of thiazole rings is 1. The van der Waals surface area contributed by atoms with Crippen molar-refractivity contribution in [3.8, 4) is 0 Å². The second-order valence-corrected chi connectivity index (χ2v) is 7.95. The van der Waals surface area contributed by atoms with Gasteiger partial charge in [0.1, 0.15) is 4.90 Å². The Morgan fingerprint density at radius 3 is 2.61 bits per heavy atom. The summed E-state index contributed by atoms with van der Waals surface area (Å²) in [4.78, 5) is 6.81. The Balaban J connectivity index is 2.33. The van der Waals surface area contributed by atoms with E-state index >= 15 is 0 Å². The number of nitrogens with one attached hydrogen (secondary N) is 1. The zero-order valence-corrected chi connectivity index (χ0v) is 12.4. The Hall–Kier alpha value is -0.960. The van der Waals surface area contributed by atoms with Crippen LogP contribution in [0.4, 0.5) is 5.13 Å². The highest BCUT2D eigenvalue weighted by Crippen LogP contribution is 2.28. The molecular formula is C10H13N3O2S3. The van der Waals surface area contributed by atoms with Crippen molar-refractivity contribution in [2.24, 2.45) is 5.73 Å². The van der Waals surface area contributed by atoms with E-state index in [1.54, 1.807) is 19.2 Å². The van der Waals surface area contributed by atoms with Crippen molar-refractivity contribution >= 4 is 37.8 Å². The number of hydrogen-bond acceptors (Lipinski definition) is 6. The van der Waals surface area contributed by atoms with Crippen LogP contribution in [-0.4, -0.2) is 13.4 Å². The van der Waals surface area contributed by atoms with E-state index in [-0.39, 0.29) is 4.90 Å². The Labute approximate surface area is 114 Å². The summed E-state index contributed by atoms with van der Waals surface area (Å²) < 4.78 is 26.8. The van der Waals surface area contributed by atoms with Crippen LogP contribution in [0.1, 0.15) is 14.6 Å². The molecule has 3 N–H and O–H groups in total. The Bertz CT molecular complexity index is 658. The fraction of sp³-hybridized carbons (Fsp3) is 0.300. The van der Waals surface area contributed by atoms with Gasteiger partial charge in [-0.1, -0.05) is 0 Å². The normalized spacial score (nSPS) is 11.7. The minimum atomic E-state index is -3.57. The molecule has 0 aromatic carbocycles. The van der Waals surface area contributed by atoms with Gasteiger partial charge in [-0.3, -0.25) is 4.72 Å². The number of aryl methyl sites for hydroxylation is 2. The molecule has 0 radical (unpaired) electrons. The summed E-state index contributed by atoms with van der Waals surface area (Å²) in [6.07, 6.45) is 1.63. The van der Waals surface area contributed by atoms with Crippen LogP contribution in [0.3, 0.4) is 0 Å². The molecule has 0 aliphatic carbocycles. The first-order valence-corrected chi connectivity index (χ1v) is 8.28. The number of nitrogens with two attached hydrogens (primary N) is 1. The van der Waals surface area contributed by atoms with Crippen molar-refractivity contribution in [1.29, 1.82) is 0 Å². The maximum atomic E-state index is 12.2. The standard InChI is InChI=1S/C10H13N3O2S3/c1-6-5-12-10(16-6)13-18(14,15)9-3-8(4-11)17-7(9)2/h3,5H,4,11H2,1-2H3,(H,12,13). The van der Waals surface area contributed by atoms with Crippen LogP contribution in [0, 0.1) is 13.8 Å². The molecule has 2 heterocycles. The molecule has 5 nitrogen and oxygen atoms in total. The summed E-state index contributed by atoms with van der Waals surface area (Å²) in [7, 11) is -3.57. The average Bonchev–Trinajstić information content (AvgIpc) is 2.84. The van der Waals surface area contributed by atoms with E-state index in [1.165, 1.54) is 22.7 Å². The number of hydrogen-bond donors (Lipinski definition) is 2. The summed E-state index contributed by atoms with van der Waals surface area (Å²) in [5.74, 6) is 0. The van der Waals surface area contributed by atoms with Gasteiger partial charge in [0.05, 0.1) is 0 Å². The second kappa shape index (κ2) is 4.96. The molecule has 0 saturated carbocycles. The van der Waals surface area contributed by atoms with Gasteiger partial charge in [-0.05, 0) is 19.9 Å². The first kappa shape index (κ1) is 13.5.